The van der Waals surface area contributed by atoms with Crippen molar-refractivity contribution in [2.75, 3.05) is 33.8 Å². The fraction of sp³-hybridized carbons (Fsp3) is 0.583. The van der Waals surface area contributed by atoms with Gasteiger partial charge < -0.3 is 9.22 Å². The molecule has 0 aliphatic rings. The zero-order valence-corrected chi connectivity index (χ0v) is 20.3. The predicted octanol–water partition coefficient (Wildman–Crippen LogP) is 4.80. The highest BCUT2D eigenvalue weighted by molar-refractivity contribution is 6.79. The lowest BCUT2D eigenvalue weighted by atomic mass is 10.2. The van der Waals surface area contributed by atoms with E-state index in [0.717, 1.165) is 28.5 Å². The Morgan fingerprint density at radius 1 is 1.00 bits per heavy atom. The molecule has 0 radical (unpaired) electrons. The zero-order valence-electron chi connectivity index (χ0n) is 19.3. The lowest BCUT2D eigenvalue weighted by Gasteiger charge is -2.33. The normalized spacial score (nSPS) is 12.3. The van der Waals surface area contributed by atoms with Crippen LogP contribution < -0.4 is 4.57 Å². The average molecular weight is 417 g/mol. The van der Waals surface area contributed by atoms with Gasteiger partial charge in [0.1, 0.15) is 20.2 Å². The largest absolute Gasteiger partial charge is 0.452 e. The van der Waals surface area contributed by atoms with Gasteiger partial charge in [0.05, 0.1) is 28.7 Å². The number of hydrogen-bond donors (Lipinski definition) is 0. The number of rotatable bonds is 11. The summed E-state index contributed by atoms with van der Waals surface area (Å²) in [5, 5.41) is 1.12. The molecule has 1 heterocycles. The van der Waals surface area contributed by atoms with Crippen LogP contribution in [-0.2, 0) is 11.8 Å². The molecule has 0 saturated carbocycles. The SMILES string of the molecule is CC[Si](CC)(CC)CCC[N+](C)(C)CCOC(=O)c1ccc2ccccc2[n+]1C. The number of para-hydroxylation sites is 1. The van der Waals surface area contributed by atoms with Crippen LogP contribution in [0.2, 0.25) is 24.2 Å². The van der Waals surface area contributed by atoms with E-state index in [4.69, 9.17) is 4.74 Å². The fourth-order valence-electron chi connectivity index (χ4n) is 4.28. The molecule has 0 atom stereocenters. The number of esters is 1. The molecule has 0 fully saturated rings. The van der Waals surface area contributed by atoms with Crippen molar-refractivity contribution >= 4 is 24.9 Å². The van der Waals surface area contributed by atoms with Crippen LogP contribution in [0.4, 0.5) is 0 Å². The minimum atomic E-state index is -1.04. The molecule has 0 saturated heterocycles. The molecular weight excluding hydrogens is 376 g/mol. The second-order valence-corrected chi connectivity index (χ2v) is 14.6. The number of ether oxygens (including phenoxy) is 1. The number of aromatic nitrogens is 1. The molecule has 2 aromatic rings. The molecular formula is C24H40N2O2Si+2. The molecule has 160 valence electrons. The zero-order chi connectivity index (χ0) is 21.5. The quantitative estimate of drug-likeness (QED) is 0.228. The number of fused-ring (bicyclic) bond motifs is 1. The number of quaternary nitrogens is 1. The first-order valence-corrected chi connectivity index (χ1v) is 14.0. The summed E-state index contributed by atoms with van der Waals surface area (Å²) >= 11 is 0. The van der Waals surface area contributed by atoms with Gasteiger partial charge in [-0.15, -0.1) is 0 Å². The summed E-state index contributed by atoms with van der Waals surface area (Å²) in [7, 11) is 5.38. The first-order chi connectivity index (χ1) is 13.8. The highest BCUT2D eigenvalue weighted by Crippen LogP contribution is 2.26. The molecule has 0 aliphatic carbocycles. The minimum Gasteiger partial charge on any atom is -0.452 e. The number of hydrogen-bond acceptors (Lipinski definition) is 2. The minimum absolute atomic E-state index is 0.243. The van der Waals surface area contributed by atoms with E-state index in [-0.39, 0.29) is 5.97 Å². The van der Waals surface area contributed by atoms with Crippen molar-refractivity contribution in [3.63, 3.8) is 0 Å². The Morgan fingerprint density at radius 2 is 1.66 bits per heavy atom. The van der Waals surface area contributed by atoms with Crippen molar-refractivity contribution in [3.8, 4) is 0 Å². The predicted molar refractivity (Wildman–Crippen MR) is 124 cm³/mol. The van der Waals surface area contributed by atoms with Gasteiger partial charge in [0.25, 0.3) is 5.69 Å². The molecule has 1 aromatic heterocycles. The molecule has 0 N–H and O–H groups in total. The Bertz CT molecular complexity index is 807. The third-order valence-electron chi connectivity index (χ3n) is 6.94. The molecule has 2 rings (SSSR count). The van der Waals surface area contributed by atoms with E-state index in [1.54, 1.807) is 0 Å². The first kappa shape index (κ1) is 23.6. The van der Waals surface area contributed by atoms with Crippen molar-refractivity contribution in [2.45, 2.75) is 51.4 Å². The average Bonchev–Trinajstić information content (AvgIpc) is 2.72. The smallest absolute Gasteiger partial charge is 0.403 e. The van der Waals surface area contributed by atoms with E-state index in [1.165, 1.54) is 30.6 Å². The van der Waals surface area contributed by atoms with E-state index in [9.17, 15) is 4.79 Å². The van der Waals surface area contributed by atoms with Crippen LogP contribution in [-0.4, -0.2) is 52.3 Å². The molecule has 29 heavy (non-hydrogen) atoms. The maximum Gasteiger partial charge on any atom is 0.403 e. The van der Waals surface area contributed by atoms with Gasteiger partial charge in [-0.05, 0) is 18.6 Å². The molecule has 1 aromatic carbocycles. The van der Waals surface area contributed by atoms with E-state index >= 15 is 0 Å². The van der Waals surface area contributed by atoms with Gasteiger partial charge in [-0.1, -0.05) is 57.1 Å². The number of benzene rings is 1. The summed E-state index contributed by atoms with van der Waals surface area (Å²) in [6.45, 7) is 9.59. The maximum atomic E-state index is 12.6. The van der Waals surface area contributed by atoms with Crippen LogP contribution in [0.3, 0.4) is 0 Å². The van der Waals surface area contributed by atoms with E-state index < -0.39 is 8.07 Å². The van der Waals surface area contributed by atoms with Gasteiger partial charge in [-0.2, -0.15) is 4.57 Å². The van der Waals surface area contributed by atoms with Gasteiger partial charge in [0, 0.05) is 17.5 Å². The van der Waals surface area contributed by atoms with Gasteiger partial charge >= 0.3 is 5.97 Å². The molecule has 0 bridgehead atoms. The van der Waals surface area contributed by atoms with E-state index in [0.29, 0.717) is 12.3 Å². The Kier molecular flexibility index (Phi) is 8.41. The second-order valence-electron chi connectivity index (χ2n) is 9.02. The topological polar surface area (TPSA) is 30.2 Å². The standard InChI is InChI=1S/C24H40N2O2Si/c1-7-29(8-2,9-3)20-12-17-26(5,6)18-19-28-24(27)23-16-15-21-13-10-11-14-22(21)25(23)4/h10-11,13-16H,7-9,12,17-20H2,1-6H3/q+2. The van der Waals surface area contributed by atoms with Crippen molar-refractivity contribution in [1.29, 1.82) is 0 Å². The third-order valence-corrected chi connectivity index (χ3v) is 12.9. The van der Waals surface area contributed by atoms with Crippen LogP contribution in [0.1, 0.15) is 37.7 Å². The lowest BCUT2D eigenvalue weighted by Crippen LogP contribution is -2.44. The second kappa shape index (κ2) is 10.3. The van der Waals surface area contributed by atoms with Crippen molar-refractivity contribution in [1.82, 2.24) is 0 Å². The molecule has 0 spiro atoms. The number of carbonyl (C=O) groups is 1. The van der Waals surface area contributed by atoms with Crippen molar-refractivity contribution < 1.29 is 18.6 Å². The molecule has 0 unspecified atom stereocenters. The van der Waals surface area contributed by atoms with Crippen LogP contribution in [0.25, 0.3) is 10.9 Å². The number of likely N-dealkylation sites (N-methyl/N-ethyl adjacent to an activating group) is 1. The highest BCUT2D eigenvalue weighted by Gasteiger charge is 2.28. The van der Waals surface area contributed by atoms with Crippen LogP contribution in [0.5, 0.6) is 0 Å². The molecule has 4 nitrogen and oxygen atoms in total. The summed E-state index contributed by atoms with van der Waals surface area (Å²) < 4.78 is 8.46. The van der Waals surface area contributed by atoms with Crippen LogP contribution in [0, 0.1) is 0 Å². The summed E-state index contributed by atoms with van der Waals surface area (Å²) in [4.78, 5) is 12.6. The Labute approximate surface area is 178 Å². The first-order valence-electron chi connectivity index (χ1n) is 11.1. The molecule has 0 aliphatic heterocycles. The van der Waals surface area contributed by atoms with Gasteiger partial charge in [-0.3, -0.25) is 0 Å². The van der Waals surface area contributed by atoms with Crippen LogP contribution >= 0.6 is 0 Å². The summed E-state index contributed by atoms with van der Waals surface area (Å²) in [5.74, 6) is -0.243. The van der Waals surface area contributed by atoms with Gasteiger partial charge in [-0.25, -0.2) is 4.79 Å². The summed E-state index contributed by atoms with van der Waals surface area (Å²) in [5.41, 5.74) is 1.63. The van der Waals surface area contributed by atoms with E-state index in [2.05, 4.69) is 40.9 Å². The Morgan fingerprint density at radius 3 is 2.31 bits per heavy atom. The van der Waals surface area contributed by atoms with Crippen molar-refractivity contribution in [3.05, 3.63) is 42.1 Å². The number of carbonyl (C=O) groups excluding carboxylic acids is 1. The highest BCUT2D eigenvalue weighted by atomic mass is 28.3. The van der Waals surface area contributed by atoms with Gasteiger partial charge in [0.2, 0.25) is 5.52 Å². The molecule has 0 amide bonds. The number of aryl methyl sites for hydroxylation is 1. The van der Waals surface area contributed by atoms with Crippen LogP contribution in [0.15, 0.2) is 36.4 Å². The maximum absolute atomic E-state index is 12.6. The number of nitrogens with zero attached hydrogens (tertiary/aromatic N) is 2. The van der Waals surface area contributed by atoms with Gasteiger partial charge in [0.15, 0.2) is 0 Å². The summed E-state index contributed by atoms with van der Waals surface area (Å²) in [6, 6.07) is 17.5. The van der Waals surface area contributed by atoms with E-state index in [1.807, 2.05) is 41.9 Å². The molecule has 5 heteroatoms. The third kappa shape index (κ3) is 6.13. The monoisotopic (exact) mass is 416 g/mol. The van der Waals surface area contributed by atoms with Crippen molar-refractivity contribution in [2.24, 2.45) is 7.05 Å². The Hall–Kier alpha value is -1.72. The number of pyridine rings is 1. The lowest BCUT2D eigenvalue weighted by molar-refractivity contribution is -0.890. The summed E-state index contributed by atoms with van der Waals surface area (Å²) in [6.07, 6.45) is 1.28. The fourth-order valence-corrected chi connectivity index (χ4v) is 7.75. The Balaban J connectivity index is 1.87.